The molecule has 0 heterocycles. The third kappa shape index (κ3) is 3.74. The quantitative estimate of drug-likeness (QED) is 0.874. The number of benzene rings is 1. The molecule has 1 aliphatic rings. The predicted molar refractivity (Wildman–Crippen MR) is 90.4 cm³/mol. The molecule has 0 radical (unpaired) electrons. The summed E-state index contributed by atoms with van der Waals surface area (Å²) < 4.78 is 0. The SMILES string of the molecule is Cc1cccc(C2(C(=O)NCC(C)(C)C(=O)O)CCCCC2)c1. The zero-order chi connectivity index (χ0) is 17.1. The average molecular weight is 317 g/mol. The van der Waals surface area contributed by atoms with Crippen molar-refractivity contribution < 1.29 is 14.7 Å². The van der Waals surface area contributed by atoms with Crippen molar-refractivity contribution >= 4 is 11.9 Å². The van der Waals surface area contributed by atoms with E-state index in [0.29, 0.717) is 0 Å². The number of aryl methyl sites for hydroxylation is 1. The van der Waals surface area contributed by atoms with Gasteiger partial charge in [-0.3, -0.25) is 9.59 Å². The lowest BCUT2D eigenvalue weighted by Gasteiger charge is -2.37. The van der Waals surface area contributed by atoms with Gasteiger partial charge in [0.25, 0.3) is 0 Å². The van der Waals surface area contributed by atoms with E-state index in [1.807, 2.05) is 25.1 Å². The van der Waals surface area contributed by atoms with Crippen LogP contribution in [0.25, 0.3) is 0 Å². The molecular weight excluding hydrogens is 290 g/mol. The number of carboxylic acid groups (broad SMARTS) is 1. The van der Waals surface area contributed by atoms with Crippen LogP contribution in [0.2, 0.25) is 0 Å². The third-order valence-corrected chi connectivity index (χ3v) is 4.98. The van der Waals surface area contributed by atoms with Crippen LogP contribution in [-0.2, 0) is 15.0 Å². The maximum Gasteiger partial charge on any atom is 0.310 e. The van der Waals surface area contributed by atoms with Gasteiger partial charge in [-0.15, -0.1) is 0 Å². The highest BCUT2D eigenvalue weighted by molar-refractivity contribution is 5.89. The minimum Gasteiger partial charge on any atom is -0.481 e. The Morgan fingerprint density at radius 3 is 2.43 bits per heavy atom. The van der Waals surface area contributed by atoms with Gasteiger partial charge >= 0.3 is 5.97 Å². The van der Waals surface area contributed by atoms with E-state index in [4.69, 9.17) is 0 Å². The van der Waals surface area contributed by atoms with Gasteiger partial charge in [-0.25, -0.2) is 0 Å². The van der Waals surface area contributed by atoms with Crippen LogP contribution in [0.15, 0.2) is 24.3 Å². The topological polar surface area (TPSA) is 66.4 Å². The van der Waals surface area contributed by atoms with Crippen LogP contribution in [0.4, 0.5) is 0 Å². The summed E-state index contributed by atoms with van der Waals surface area (Å²) in [7, 11) is 0. The number of hydrogen-bond donors (Lipinski definition) is 2. The van der Waals surface area contributed by atoms with E-state index in [9.17, 15) is 14.7 Å². The Balaban J connectivity index is 2.25. The number of carbonyl (C=O) groups is 2. The number of aliphatic carboxylic acids is 1. The fraction of sp³-hybridized carbons (Fsp3) is 0.579. The fourth-order valence-electron chi connectivity index (χ4n) is 3.29. The van der Waals surface area contributed by atoms with E-state index in [1.54, 1.807) is 13.8 Å². The smallest absolute Gasteiger partial charge is 0.310 e. The van der Waals surface area contributed by atoms with E-state index >= 15 is 0 Å². The second kappa shape index (κ2) is 6.73. The summed E-state index contributed by atoms with van der Waals surface area (Å²) in [5.41, 5.74) is 0.728. The van der Waals surface area contributed by atoms with Crippen LogP contribution in [-0.4, -0.2) is 23.5 Å². The van der Waals surface area contributed by atoms with Crippen molar-refractivity contribution in [1.82, 2.24) is 5.32 Å². The molecule has 2 rings (SSSR count). The highest BCUT2D eigenvalue weighted by Gasteiger charge is 2.42. The van der Waals surface area contributed by atoms with Crippen LogP contribution < -0.4 is 5.32 Å². The van der Waals surface area contributed by atoms with Crippen molar-refractivity contribution in [3.63, 3.8) is 0 Å². The molecule has 0 unspecified atom stereocenters. The number of carbonyl (C=O) groups excluding carboxylic acids is 1. The minimum absolute atomic E-state index is 0.0304. The molecule has 4 heteroatoms. The van der Waals surface area contributed by atoms with Crippen molar-refractivity contribution in [2.24, 2.45) is 5.41 Å². The largest absolute Gasteiger partial charge is 0.481 e. The summed E-state index contributed by atoms with van der Waals surface area (Å²) in [6.07, 6.45) is 4.88. The van der Waals surface area contributed by atoms with Gasteiger partial charge in [0, 0.05) is 6.54 Å². The maximum atomic E-state index is 13.0. The number of nitrogens with one attached hydrogen (secondary N) is 1. The molecule has 1 amide bonds. The summed E-state index contributed by atoms with van der Waals surface area (Å²) in [5, 5.41) is 12.1. The van der Waals surface area contributed by atoms with Crippen LogP contribution in [0.1, 0.15) is 57.1 Å². The van der Waals surface area contributed by atoms with Crippen LogP contribution in [0.3, 0.4) is 0 Å². The monoisotopic (exact) mass is 317 g/mol. The standard InChI is InChI=1S/C19H27NO3/c1-14-8-7-9-15(12-14)19(10-5-4-6-11-19)16(21)20-13-18(2,3)17(22)23/h7-9,12H,4-6,10-11,13H2,1-3H3,(H,20,21)(H,22,23). The first-order valence-electron chi connectivity index (χ1n) is 8.37. The molecule has 0 aliphatic heterocycles. The molecule has 1 aromatic carbocycles. The third-order valence-electron chi connectivity index (χ3n) is 4.98. The van der Waals surface area contributed by atoms with Gasteiger partial charge in [0.05, 0.1) is 10.8 Å². The summed E-state index contributed by atoms with van der Waals surface area (Å²) in [6.45, 7) is 5.45. The van der Waals surface area contributed by atoms with Crippen LogP contribution in [0, 0.1) is 12.3 Å². The molecule has 1 aromatic rings. The minimum atomic E-state index is -0.960. The number of rotatable bonds is 5. The van der Waals surface area contributed by atoms with Crippen LogP contribution >= 0.6 is 0 Å². The van der Waals surface area contributed by atoms with Gasteiger partial charge in [0.2, 0.25) is 5.91 Å². The van der Waals surface area contributed by atoms with E-state index < -0.39 is 16.8 Å². The summed E-state index contributed by atoms with van der Waals surface area (Å²) in [4.78, 5) is 24.3. The first-order chi connectivity index (χ1) is 10.8. The molecule has 4 nitrogen and oxygen atoms in total. The molecule has 0 bridgehead atoms. The number of carboxylic acids is 1. The Bertz CT molecular complexity index is 586. The van der Waals surface area contributed by atoms with Gasteiger partial charge < -0.3 is 10.4 Å². The maximum absolute atomic E-state index is 13.0. The second-order valence-electron chi connectivity index (χ2n) is 7.38. The van der Waals surface area contributed by atoms with Gasteiger partial charge in [-0.2, -0.15) is 0 Å². The van der Waals surface area contributed by atoms with E-state index in [0.717, 1.165) is 43.2 Å². The van der Waals surface area contributed by atoms with Crippen molar-refractivity contribution in [1.29, 1.82) is 0 Å². The molecule has 23 heavy (non-hydrogen) atoms. The summed E-state index contributed by atoms with van der Waals surface area (Å²) >= 11 is 0. The molecule has 0 spiro atoms. The Morgan fingerprint density at radius 1 is 1.22 bits per heavy atom. The fourth-order valence-corrected chi connectivity index (χ4v) is 3.29. The zero-order valence-electron chi connectivity index (χ0n) is 14.3. The molecule has 1 saturated carbocycles. The molecular formula is C19H27NO3. The lowest BCUT2D eigenvalue weighted by atomic mass is 9.68. The molecule has 0 atom stereocenters. The van der Waals surface area contributed by atoms with Gasteiger partial charge in [0.15, 0.2) is 0 Å². The summed E-state index contributed by atoms with van der Waals surface area (Å²) in [6, 6.07) is 8.15. The summed E-state index contributed by atoms with van der Waals surface area (Å²) in [5.74, 6) is -0.928. The molecule has 1 aliphatic carbocycles. The molecule has 1 fully saturated rings. The second-order valence-corrected chi connectivity index (χ2v) is 7.38. The van der Waals surface area contributed by atoms with Crippen molar-refractivity contribution in [2.45, 2.75) is 58.3 Å². The zero-order valence-corrected chi connectivity index (χ0v) is 14.3. The first-order valence-corrected chi connectivity index (χ1v) is 8.37. The van der Waals surface area contributed by atoms with Crippen molar-refractivity contribution in [3.8, 4) is 0 Å². The Labute approximate surface area is 138 Å². The lowest BCUT2D eigenvalue weighted by Crippen LogP contribution is -2.49. The predicted octanol–water partition coefficient (Wildman–Crippen LogP) is 3.42. The number of amides is 1. The van der Waals surface area contributed by atoms with E-state index in [-0.39, 0.29) is 12.5 Å². The van der Waals surface area contributed by atoms with Crippen LogP contribution in [0.5, 0.6) is 0 Å². The lowest BCUT2D eigenvalue weighted by molar-refractivity contribution is -0.147. The number of hydrogen-bond acceptors (Lipinski definition) is 2. The van der Waals surface area contributed by atoms with E-state index in [2.05, 4.69) is 11.4 Å². The van der Waals surface area contributed by atoms with Gasteiger partial charge in [-0.1, -0.05) is 49.1 Å². The van der Waals surface area contributed by atoms with Gasteiger partial charge in [-0.05, 0) is 39.2 Å². The van der Waals surface area contributed by atoms with Crippen molar-refractivity contribution in [2.75, 3.05) is 6.54 Å². The highest BCUT2D eigenvalue weighted by Crippen LogP contribution is 2.40. The Kier molecular flexibility index (Phi) is 5.12. The highest BCUT2D eigenvalue weighted by atomic mass is 16.4. The average Bonchev–Trinajstić information content (AvgIpc) is 2.53. The Hall–Kier alpha value is -1.84. The van der Waals surface area contributed by atoms with E-state index in [1.165, 1.54) is 0 Å². The van der Waals surface area contributed by atoms with Gasteiger partial charge in [0.1, 0.15) is 0 Å². The normalized spacial score (nSPS) is 17.5. The molecule has 0 aromatic heterocycles. The Morgan fingerprint density at radius 2 is 1.87 bits per heavy atom. The molecule has 2 N–H and O–H groups in total. The first kappa shape index (κ1) is 17.5. The van der Waals surface area contributed by atoms with Crippen molar-refractivity contribution in [3.05, 3.63) is 35.4 Å². The molecule has 126 valence electrons. The molecule has 0 saturated heterocycles.